The van der Waals surface area contributed by atoms with Gasteiger partial charge in [0.1, 0.15) is 5.75 Å². The second-order valence-electron chi connectivity index (χ2n) is 8.58. The first-order valence-electron chi connectivity index (χ1n) is 10.9. The first kappa shape index (κ1) is 20.6. The van der Waals surface area contributed by atoms with E-state index in [9.17, 15) is 14.7 Å². The van der Waals surface area contributed by atoms with Crippen LogP contribution in [-0.4, -0.2) is 35.0 Å². The van der Waals surface area contributed by atoms with E-state index in [0.29, 0.717) is 23.7 Å². The van der Waals surface area contributed by atoms with E-state index >= 15 is 0 Å². The monoisotopic (exact) mass is 407 g/mol. The number of rotatable bonds is 7. The molecule has 0 saturated heterocycles. The lowest BCUT2D eigenvalue weighted by molar-refractivity contribution is 0.0536. The van der Waals surface area contributed by atoms with Gasteiger partial charge in [0.25, 0.3) is 11.8 Å². The van der Waals surface area contributed by atoms with E-state index in [0.717, 1.165) is 11.3 Å². The van der Waals surface area contributed by atoms with Gasteiger partial charge in [-0.1, -0.05) is 50.5 Å². The number of nitrogens with zero attached hydrogens (tertiary/aromatic N) is 1. The van der Waals surface area contributed by atoms with E-state index in [1.54, 1.807) is 24.3 Å². The first-order valence-corrected chi connectivity index (χ1v) is 10.9. The molecule has 0 unspecified atom stereocenters. The highest BCUT2D eigenvalue weighted by atomic mass is 16.5. The van der Waals surface area contributed by atoms with Gasteiger partial charge in [0.05, 0.1) is 23.8 Å². The van der Waals surface area contributed by atoms with Crippen LogP contribution in [0.5, 0.6) is 5.75 Å². The molecule has 0 bridgehead atoms. The lowest BCUT2D eigenvalue weighted by Crippen LogP contribution is -2.35. The van der Waals surface area contributed by atoms with Gasteiger partial charge in [-0.25, -0.2) is 0 Å². The average molecular weight is 408 g/mol. The van der Waals surface area contributed by atoms with Crippen LogP contribution in [0.2, 0.25) is 0 Å². The van der Waals surface area contributed by atoms with Gasteiger partial charge in [-0.15, -0.1) is 0 Å². The predicted molar refractivity (Wildman–Crippen MR) is 114 cm³/mol. The summed E-state index contributed by atoms with van der Waals surface area (Å²) in [5.41, 5.74) is 1.60. The Morgan fingerprint density at radius 1 is 1.00 bits per heavy atom. The number of benzene rings is 2. The summed E-state index contributed by atoms with van der Waals surface area (Å²) in [7, 11) is 0. The Hall–Kier alpha value is -2.66. The molecular formula is C25H29NO4. The number of imide groups is 1. The Bertz CT molecular complexity index is 884. The first-order chi connectivity index (χ1) is 14.5. The van der Waals surface area contributed by atoms with E-state index in [2.05, 4.69) is 0 Å². The quantitative estimate of drug-likeness (QED) is 0.681. The van der Waals surface area contributed by atoms with Gasteiger partial charge in [-0.3, -0.25) is 14.5 Å². The molecule has 0 aromatic heterocycles. The zero-order chi connectivity index (χ0) is 21.1. The number of carbonyl (C=O) groups excluding carboxylic acids is 2. The summed E-state index contributed by atoms with van der Waals surface area (Å²) >= 11 is 0. The molecule has 1 heterocycles. The van der Waals surface area contributed by atoms with Gasteiger partial charge < -0.3 is 9.84 Å². The van der Waals surface area contributed by atoms with Gasteiger partial charge in [-0.05, 0) is 48.6 Å². The minimum absolute atomic E-state index is 0.167. The van der Waals surface area contributed by atoms with E-state index in [1.165, 1.54) is 37.0 Å². The van der Waals surface area contributed by atoms with Crippen molar-refractivity contribution in [3.63, 3.8) is 0 Å². The average Bonchev–Trinajstić information content (AvgIpc) is 3.03. The van der Waals surface area contributed by atoms with Gasteiger partial charge in [-0.2, -0.15) is 0 Å². The molecular weight excluding hydrogens is 378 g/mol. The fraction of sp³-hybridized carbons (Fsp3) is 0.440. The molecule has 2 atom stereocenters. The molecule has 1 saturated carbocycles. The maximum absolute atomic E-state index is 12.6. The van der Waals surface area contributed by atoms with E-state index in [1.807, 2.05) is 31.2 Å². The predicted octanol–water partition coefficient (Wildman–Crippen LogP) is 4.61. The SMILES string of the molecule is C[C@@H](CN1C(=O)c2ccccc2C1=O)[C@H](O)c1cccc(OCC2CCCCC2)c1. The van der Waals surface area contributed by atoms with Crippen LogP contribution in [0.1, 0.15) is 71.4 Å². The highest BCUT2D eigenvalue weighted by Crippen LogP contribution is 2.30. The fourth-order valence-corrected chi connectivity index (χ4v) is 4.48. The lowest BCUT2D eigenvalue weighted by Gasteiger charge is -2.25. The highest BCUT2D eigenvalue weighted by molar-refractivity contribution is 6.21. The third-order valence-electron chi connectivity index (χ3n) is 6.30. The Morgan fingerprint density at radius 2 is 1.67 bits per heavy atom. The number of fused-ring (bicyclic) bond motifs is 1. The summed E-state index contributed by atoms with van der Waals surface area (Å²) in [4.78, 5) is 26.4. The van der Waals surface area contributed by atoms with Crippen molar-refractivity contribution in [3.8, 4) is 5.75 Å². The molecule has 2 aromatic carbocycles. The number of carbonyl (C=O) groups is 2. The van der Waals surface area contributed by atoms with Crippen molar-refractivity contribution in [2.45, 2.75) is 45.1 Å². The topological polar surface area (TPSA) is 66.8 Å². The zero-order valence-electron chi connectivity index (χ0n) is 17.4. The van der Waals surface area contributed by atoms with E-state index in [-0.39, 0.29) is 24.3 Å². The standard InChI is InChI=1S/C25H29NO4/c1-17(15-26-24(28)21-12-5-6-13-22(21)25(26)29)23(27)19-10-7-11-20(14-19)30-16-18-8-3-2-4-9-18/h5-7,10-14,17-18,23,27H,2-4,8-9,15-16H2,1H3/t17-,23-/m0/s1. The third kappa shape index (κ3) is 4.26. The summed E-state index contributed by atoms with van der Waals surface area (Å²) in [6, 6.07) is 14.4. The van der Waals surface area contributed by atoms with Gasteiger partial charge in [0, 0.05) is 12.5 Å². The van der Waals surface area contributed by atoms with Crippen LogP contribution >= 0.6 is 0 Å². The molecule has 4 rings (SSSR count). The summed E-state index contributed by atoms with van der Waals surface area (Å²) in [5, 5.41) is 10.9. The van der Waals surface area contributed by atoms with Crippen LogP contribution < -0.4 is 4.74 Å². The smallest absolute Gasteiger partial charge is 0.261 e. The molecule has 1 N–H and O–H groups in total. The molecule has 0 spiro atoms. The van der Waals surface area contributed by atoms with Crippen molar-refractivity contribution in [3.05, 3.63) is 65.2 Å². The summed E-state index contributed by atoms with van der Waals surface area (Å²) in [5.74, 6) is 0.476. The van der Waals surface area contributed by atoms with Crippen LogP contribution in [0.3, 0.4) is 0 Å². The summed E-state index contributed by atoms with van der Waals surface area (Å²) in [6.07, 6.45) is 5.53. The van der Waals surface area contributed by atoms with Crippen LogP contribution in [-0.2, 0) is 0 Å². The summed E-state index contributed by atoms with van der Waals surface area (Å²) < 4.78 is 6.00. The summed E-state index contributed by atoms with van der Waals surface area (Å²) in [6.45, 7) is 2.73. The van der Waals surface area contributed by atoms with Crippen LogP contribution in [0.4, 0.5) is 0 Å². The van der Waals surface area contributed by atoms with E-state index in [4.69, 9.17) is 4.74 Å². The number of ether oxygens (including phenoxy) is 1. The largest absolute Gasteiger partial charge is 0.493 e. The van der Waals surface area contributed by atoms with Crippen molar-refractivity contribution < 1.29 is 19.4 Å². The molecule has 0 radical (unpaired) electrons. The minimum atomic E-state index is -0.799. The third-order valence-corrected chi connectivity index (χ3v) is 6.30. The zero-order valence-corrected chi connectivity index (χ0v) is 17.4. The highest BCUT2D eigenvalue weighted by Gasteiger charge is 2.36. The van der Waals surface area contributed by atoms with Crippen LogP contribution in [0.15, 0.2) is 48.5 Å². The van der Waals surface area contributed by atoms with Gasteiger partial charge >= 0.3 is 0 Å². The molecule has 2 aliphatic rings. The Morgan fingerprint density at radius 3 is 2.33 bits per heavy atom. The van der Waals surface area contributed by atoms with Crippen molar-refractivity contribution in [1.29, 1.82) is 0 Å². The van der Waals surface area contributed by atoms with Gasteiger partial charge in [0.2, 0.25) is 0 Å². The second kappa shape index (κ2) is 9.00. The molecule has 1 fully saturated rings. The molecule has 1 aliphatic carbocycles. The van der Waals surface area contributed by atoms with Gasteiger partial charge in [0.15, 0.2) is 0 Å². The Labute approximate surface area is 177 Å². The molecule has 30 heavy (non-hydrogen) atoms. The number of amides is 2. The normalized spacial score (nSPS) is 18.9. The fourth-order valence-electron chi connectivity index (χ4n) is 4.48. The van der Waals surface area contributed by atoms with E-state index < -0.39 is 6.10 Å². The molecule has 5 heteroatoms. The molecule has 1 aliphatic heterocycles. The maximum atomic E-state index is 12.6. The van der Waals surface area contributed by atoms with Crippen molar-refractivity contribution in [2.75, 3.05) is 13.2 Å². The molecule has 2 aromatic rings. The molecule has 5 nitrogen and oxygen atoms in total. The number of hydrogen-bond acceptors (Lipinski definition) is 4. The number of hydrogen-bond donors (Lipinski definition) is 1. The Balaban J connectivity index is 1.39. The number of aliphatic hydroxyl groups is 1. The van der Waals surface area contributed by atoms with Crippen LogP contribution in [0.25, 0.3) is 0 Å². The van der Waals surface area contributed by atoms with Crippen molar-refractivity contribution in [1.82, 2.24) is 4.90 Å². The van der Waals surface area contributed by atoms with Crippen LogP contribution in [0, 0.1) is 11.8 Å². The van der Waals surface area contributed by atoms with Crippen molar-refractivity contribution in [2.24, 2.45) is 11.8 Å². The molecule has 2 amide bonds. The second-order valence-corrected chi connectivity index (χ2v) is 8.58. The lowest BCUT2D eigenvalue weighted by atomic mass is 9.90. The maximum Gasteiger partial charge on any atom is 0.261 e. The Kier molecular flexibility index (Phi) is 6.18. The minimum Gasteiger partial charge on any atom is -0.493 e. The molecule has 158 valence electrons. The number of aliphatic hydroxyl groups excluding tert-OH is 1. The van der Waals surface area contributed by atoms with Crippen molar-refractivity contribution >= 4 is 11.8 Å².